The summed E-state index contributed by atoms with van der Waals surface area (Å²) in [5.41, 5.74) is 4.22. The Kier molecular flexibility index (Phi) is 11.4. The maximum absolute atomic E-state index is 13.0. The first-order valence-corrected chi connectivity index (χ1v) is 14.4. The third-order valence-electron chi connectivity index (χ3n) is 6.33. The van der Waals surface area contributed by atoms with Crippen LogP contribution in [-0.2, 0) is 0 Å². The Morgan fingerprint density at radius 3 is 2.07 bits per heavy atom. The Bertz CT molecular complexity index is 1750. The van der Waals surface area contributed by atoms with Crippen molar-refractivity contribution in [1.82, 2.24) is 5.43 Å². The number of methoxy groups -OCH3 is 3. The number of hydrogen-bond acceptors (Lipinski definition) is 9. The van der Waals surface area contributed by atoms with E-state index in [4.69, 9.17) is 46.9 Å². The van der Waals surface area contributed by atoms with E-state index >= 15 is 0 Å². The second-order valence-corrected chi connectivity index (χ2v) is 10.1. The standard InChI is InChI=1S/C33H29Cl2N3O8/c1-5-45-27-14-19(6-13-26(27)46-33(41)21-15-28(42-2)30(44-4)29(16-21)43-3)18-36-38-31(39)20-7-10-23(11-8-20)37-32(40)24-12-9-22(34)17-25(24)35/h6-18H,5H2,1-4H3,(H,37,40)(H,38,39)/b36-18-. The number of nitrogens with one attached hydrogen (secondary N) is 2. The molecule has 0 heterocycles. The van der Waals surface area contributed by atoms with Gasteiger partial charge in [0, 0.05) is 16.3 Å². The maximum atomic E-state index is 13.0. The first-order chi connectivity index (χ1) is 22.2. The lowest BCUT2D eigenvalue weighted by molar-refractivity contribution is 0.0727. The van der Waals surface area contributed by atoms with Crippen LogP contribution in [0.2, 0.25) is 10.0 Å². The highest BCUT2D eigenvalue weighted by Gasteiger charge is 2.20. The zero-order valence-corrected chi connectivity index (χ0v) is 26.7. The van der Waals surface area contributed by atoms with Crippen molar-refractivity contribution in [3.05, 3.63) is 105 Å². The van der Waals surface area contributed by atoms with Gasteiger partial charge in [0.25, 0.3) is 11.8 Å². The highest BCUT2D eigenvalue weighted by atomic mass is 35.5. The van der Waals surface area contributed by atoms with Crippen LogP contribution < -0.4 is 34.4 Å². The lowest BCUT2D eigenvalue weighted by atomic mass is 10.1. The number of amides is 2. The number of hydrogen-bond donors (Lipinski definition) is 2. The average molecular weight is 667 g/mol. The Morgan fingerprint density at radius 1 is 0.761 bits per heavy atom. The van der Waals surface area contributed by atoms with Crippen molar-refractivity contribution in [2.45, 2.75) is 6.92 Å². The van der Waals surface area contributed by atoms with Crippen molar-refractivity contribution in [1.29, 1.82) is 0 Å². The monoisotopic (exact) mass is 665 g/mol. The average Bonchev–Trinajstić information content (AvgIpc) is 3.05. The van der Waals surface area contributed by atoms with Crippen LogP contribution in [0.4, 0.5) is 5.69 Å². The molecule has 0 bridgehead atoms. The van der Waals surface area contributed by atoms with Gasteiger partial charge in [-0.2, -0.15) is 5.10 Å². The Labute approximate surface area is 275 Å². The zero-order valence-electron chi connectivity index (χ0n) is 25.2. The van der Waals surface area contributed by atoms with Crippen molar-refractivity contribution in [2.24, 2.45) is 5.10 Å². The Morgan fingerprint density at radius 2 is 1.46 bits per heavy atom. The minimum absolute atomic E-state index is 0.173. The summed E-state index contributed by atoms with van der Waals surface area (Å²) in [6.07, 6.45) is 1.41. The van der Waals surface area contributed by atoms with Crippen LogP contribution in [0.5, 0.6) is 28.7 Å². The fraction of sp³-hybridized carbons (Fsp3) is 0.152. The van der Waals surface area contributed by atoms with Gasteiger partial charge in [0.05, 0.1) is 50.3 Å². The molecule has 2 amide bonds. The normalized spacial score (nSPS) is 10.7. The van der Waals surface area contributed by atoms with E-state index in [2.05, 4.69) is 15.8 Å². The molecule has 0 radical (unpaired) electrons. The summed E-state index contributed by atoms with van der Waals surface area (Å²) in [5, 5.41) is 7.37. The second-order valence-electron chi connectivity index (χ2n) is 9.30. The van der Waals surface area contributed by atoms with Crippen molar-refractivity contribution in [2.75, 3.05) is 33.3 Å². The van der Waals surface area contributed by atoms with E-state index in [9.17, 15) is 14.4 Å². The SMILES string of the molecule is CCOc1cc(/C=N\NC(=O)c2ccc(NC(=O)c3ccc(Cl)cc3Cl)cc2)ccc1OC(=O)c1cc(OC)c(OC)c(OC)c1. The highest BCUT2D eigenvalue weighted by Crippen LogP contribution is 2.39. The molecule has 0 saturated heterocycles. The van der Waals surface area contributed by atoms with Crippen LogP contribution in [0, 0.1) is 0 Å². The molecule has 46 heavy (non-hydrogen) atoms. The number of hydrazone groups is 1. The highest BCUT2D eigenvalue weighted by molar-refractivity contribution is 6.37. The van der Waals surface area contributed by atoms with Gasteiger partial charge in [0.2, 0.25) is 5.75 Å². The van der Waals surface area contributed by atoms with Gasteiger partial charge in [0.1, 0.15) is 0 Å². The quantitative estimate of drug-likeness (QED) is 0.0743. The third-order valence-corrected chi connectivity index (χ3v) is 6.88. The fourth-order valence-corrected chi connectivity index (χ4v) is 4.62. The van der Waals surface area contributed by atoms with E-state index in [0.29, 0.717) is 45.7 Å². The molecule has 0 saturated carbocycles. The summed E-state index contributed by atoms with van der Waals surface area (Å²) < 4.78 is 27.2. The number of ether oxygens (including phenoxy) is 5. The van der Waals surface area contributed by atoms with Crippen LogP contribution in [0.15, 0.2) is 77.9 Å². The summed E-state index contributed by atoms with van der Waals surface area (Å²) >= 11 is 12.0. The Balaban J connectivity index is 1.40. The summed E-state index contributed by atoms with van der Waals surface area (Å²) in [7, 11) is 4.35. The molecule has 0 atom stereocenters. The number of anilines is 1. The number of carbonyl (C=O) groups excluding carboxylic acids is 3. The first-order valence-electron chi connectivity index (χ1n) is 13.7. The van der Waals surface area contributed by atoms with Gasteiger partial charge >= 0.3 is 5.97 Å². The maximum Gasteiger partial charge on any atom is 0.343 e. The van der Waals surface area contributed by atoms with Gasteiger partial charge in [-0.25, -0.2) is 10.2 Å². The zero-order chi connectivity index (χ0) is 33.2. The van der Waals surface area contributed by atoms with Crippen LogP contribution in [-0.4, -0.2) is 51.9 Å². The molecule has 11 nitrogen and oxygen atoms in total. The predicted molar refractivity (Wildman–Crippen MR) is 175 cm³/mol. The number of rotatable bonds is 12. The minimum Gasteiger partial charge on any atom is -0.493 e. The van der Waals surface area contributed by atoms with Crippen molar-refractivity contribution in [3.63, 3.8) is 0 Å². The molecule has 4 aromatic carbocycles. The van der Waals surface area contributed by atoms with Crippen LogP contribution in [0.1, 0.15) is 43.6 Å². The molecule has 0 aromatic heterocycles. The van der Waals surface area contributed by atoms with Gasteiger partial charge in [0.15, 0.2) is 23.0 Å². The fourth-order valence-electron chi connectivity index (χ4n) is 4.12. The number of nitrogens with zero attached hydrogens (tertiary/aromatic N) is 1. The molecule has 2 N–H and O–H groups in total. The molecule has 4 rings (SSSR count). The Hall–Kier alpha value is -5.26. The lowest BCUT2D eigenvalue weighted by Gasteiger charge is -2.15. The molecule has 0 fully saturated rings. The van der Waals surface area contributed by atoms with Gasteiger partial charge in [-0.15, -0.1) is 0 Å². The van der Waals surface area contributed by atoms with Crippen LogP contribution in [0.25, 0.3) is 0 Å². The van der Waals surface area contributed by atoms with Gasteiger partial charge in [-0.05, 0) is 85.3 Å². The van der Waals surface area contributed by atoms with E-state index in [1.807, 2.05) is 0 Å². The summed E-state index contributed by atoms with van der Waals surface area (Å²) in [5.74, 6) is -0.164. The van der Waals surface area contributed by atoms with Crippen molar-refractivity contribution >= 4 is 52.9 Å². The molecular weight excluding hydrogens is 637 g/mol. The number of esters is 1. The molecule has 0 aliphatic heterocycles. The molecule has 0 spiro atoms. The topological polar surface area (TPSA) is 134 Å². The van der Waals surface area contributed by atoms with Crippen molar-refractivity contribution < 1.29 is 38.1 Å². The summed E-state index contributed by atoms with van der Waals surface area (Å²) in [6, 6.07) is 18.6. The van der Waals surface area contributed by atoms with Crippen LogP contribution in [0.3, 0.4) is 0 Å². The lowest BCUT2D eigenvalue weighted by Crippen LogP contribution is -2.18. The number of carbonyl (C=O) groups is 3. The van der Waals surface area contributed by atoms with Gasteiger partial charge in [-0.1, -0.05) is 23.2 Å². The molecular formula is C33H29Cl2N3O8. The number of benzene rings is 4. The van der Waals surface area contributed by atoms with E-state index in [-0.39, 0.29) is 27.6 Å². The third kappa shape index (κ3) is 8.26. The molecule has 13 heteroatoms. The van der Waals surface area contributed by atoms with E-state index in [1.54, 1.807) is 43.3 Å². The molecule has 4 aromatic rings. The molecule has 0 unspecified atom stereocenters. The molecule has 0 aliphatic rings. The largest absolute Gasteiger partial charge is 0.493 e. The smallest absolute Gasteiger partial charge is 0.343 e. The van der Waals surface area contributed by atoms with E-state index < -0.39 is 17.8 Å². The molecule has 238 valence electrons. The summed E-state index contributed by atoms with van der Waals surface area (Å²) in [6.45, 7) is 2.09. The molecule has 0 aliphatic carbocycles. The summed E-state index contributed by atoms with van der Waals surface area (Å²) in [4.78, 5) is 38.2. The first kappa shape index (κ1) is 33.6. The van der Waals surface area contributed by atoms with Crippen molar-refractivity contribution in [3.8, 4) is 28.7 Å². The number of halogens is 2. The second kappa shape index (κ2) is 15.6. The van der Waals surface area contributed by atoms with Gasteiger partial charge in [-0.3, -0.25) is 9.59 Å². The predicted octanol–water partition coefficient (Wildman–Crippen LogP) is 6.65. The minimum atomic E-state index is -0.673. The van der Waals surface area contributed by atoms with E-state index in [0.717, 1.165) is 0 Å². The van der Waals surface area contributed by atoms with Gasteiger partial charge < -0.3 is 29.0 Å². The van der Waals surface area contributed by atoms with Crippen LogP contribution >= 0.6 is 23.2 Å². The van der Waals surface area contributed by atoms with E-state index in [1.165, 1.54) is 63.9 Å².